The van der Waals surface area contributed by atoms with E-state index in [0.717, 1.165) is 12.1 Å². The summed E-state index contributed by atoms with van der Waals surface area (Å²) in [5, 5.41) is 6.93. The second-order valence-electron chi connectivity index (χ2n) is 8.44. The van der Waals surface area contributed by atoms with Crippen molar-refractivity contribution in [3.05, 3.63) is 78.0 Å². The zero-order valence-corrected chi connectivity index (χ0v) is 19.5. The number of carbonyl (C=O) groups is 2. The number of hydrogen-bond donors (Lipinski definition) is 2. The summed E-state index contributed by atoms with van der Waals surface area (Å²) in [6.45, 7) is 5.35. The van der Waals surface area contributed by atoms with Gasteiger partial charge in [0.2, 0.25) is 0 Å². The summed E-state index contributed by atoms with van der Waals surface area (Å²) >= 11 is 0. The number of amides is 1. The van der Waals surface area contributed by atoms with E-state index in [1.807, 2.05) is 28.8 Å². The van der Waals surface area contributed by atoms with Crippen LogP contribution in [0, 0.1) is 5.92 Å². The average Bonchev–Trinajstić information content (AvgIpc) is 3.47. The van der Waals surface area contributed by atoms with Gasteiger partial charge >= 0.3 is 5.97 Å². The number of anilines is 2. The van der Waals surface area contributed by atoms with Crippen molar-refractivity contribution in [2.45, 2.75) is 26.8 Å². The molecule has 4 rings (SSSR count). The van der Waals surface area contributed by atoms with Crippen LogP contribution in [0.15, 0.2) is 65.6 Å². The van der Waals surface area contributed by atoms with Crippen molar-refractivity contribution in [3.8, 4) is 0 Å². The number of fused-ring (bicyclic) bond motifs is 1. The highest BCUT2D eigenvalue weighted by molar-refractivity contribution is 6.14. The predicted molar refractivity (Wildman–Crippen MR) is 131 cm³/mol. The van der Waals surface area contributed by atoms with Crippen molar-refractivity contribution in [2.24, 2.45) is 5.92 Å². The second-order valence-corrected chi connectivity index (χ2v) is 8.44. The van der Waals surface area contributed by atoms with Crippen LogP contribution < -0.4 is 10.6 Å². The van der Waals surface area contributed by atoms with Crippen LogP contribution in [0.3, 0.4) is 0 Å². The van der Waals surface area contributed by atoms with Gasteiger partial charge in [-0.15, -0.1) is 0 Å². The SMILES string of the molecule is COC(=O)c1c(NC(=O)c2ccoc2)c2cc(NCCc3ccccc3)cnc2n1CC(C)C. The molecule has 0 spiro atoms. The summed E-state index contributed by atoms with van der Waals surface area (Å²) in [5.74, 6) is -0.688. The molecule has 1 aromatic carbocycles. The van der Waals surface area contributed by atoms with Crippen molar-refractivity contribution in [3.63, 3.8) is 0 Å². The Morgan fingerprint density at radius 3 is 2.65 bits per heavy atom. The quantitative estimate of drug-likeness (QED) is 0.342. The molecule has 0 saturated carbocycles. The molecule has 0 saturated heterocycles. The van der Waals surface area contributed by atoms with E-state index in [1.165, 1.54) is 25.2 Å². The monoisotopic (exact) mass is 460 g/mol. The zero-order valence-electron chi connectivity index (χ0n) is 19.5. The minimum atomic E-state index is -0.542. The van der Waals surface area contributed by atoms with Crippen molar-refractivity contribution >= 4 is 34.3 Å². The molecule has 8 nitrogen and oxygen atoms in total. The van der Waals surface area contributed by atoms with Gasteiger partial charge in [0.05, 0.1) is 36.5 Å². The molecule has 0 unspecified atom stereocenters. The van der Waals surface area contributed by atoms with E-state index >= 15 is 0 Å². The van der Waals surface area contributed by atoms with Crippen LogP contribution in [0.25, 0.3) is 11.0 Å². The first-order valence-electron chi connectivity index (χ1n) is 11.2. The fraction of sp³-hybridized carbons (Fsp3) is 0.269. The normalized spacial score (nSPS) is 11.1. The van der Waals surface area contributed by atoms with Gasteiger partial charge in [0.1, 0.15) is 11.9 Å². The Bertz CT molecular complexity index is 1280. The highest BCUT2D eigenvalue weighted by atomic mass is 16.5. The highest BCUT2D eigenvalue weighted by Crippen LogP contribution is 2.33. The van der Waals surface area contributed by atoms with Gasteiger partial charge in [-0.2, -0.15) is 0 Å². The third-order valence-corrected chi connectivity index (χ3v) is 5.43. The number of pyridine rings is 1. The van der Waals surface area contributed by atoms with Gasteiger partial charge in [0, 0.05) is 18.5 Å². The van der Waals surface area contributed by atoms with Crippen molar-refractivity contribution in [2.75, 3.05) is 24.3 Å². The lowest BCUT2D eigenvalue weighted by molar-refractivity contribution is 0.0589. The Labute approximate surface area is 197 Å². The molecule has 8 heteroatoms. The van der Waals surface area contributed by atoms with Gasteiger partial charge in [-0.25, -0.2) is 9.78 Å². The van der Waals surface area contributed by atoms with E-state index < -0.39 is 5.97 Å². The van der Waals surface area contributed by atoms with Crippen LogP contribution >= 0.6 is 0 Å². The number of hydrogen-bond acceptors (Lipinski definition) is 6. The number of benzene rings is 1. The van der Waals surface area contributed by atoms with Gasteiger partial charge in [-0.05, 0) is 30.0 Å². The highest BCUT2D eigenvalue weighted by Gasteiger charge is 2.27. The first-order valence-corrected chi connectivity index (χ1v) is 11.2. The molecule has 0 aliphatic carbocycles. The lowest BCUT2D eigenvalue weighted by Crippen LogP contribution is -2.18. The number of ether oxygens (including phenoxy) is 1. The average molecular weight is 461 g/mol. The molecule has 3 heterocycles. The van der Waals surface area contributed by atoms with E-state index in [1.54, 1.807) is 12.3 Å². The molecule has 0 aliphatic heterocycles. The predicted octanol–water partition coefficient (Wildman–Crippen LogP) is 4.98. The molecule has 1 amide bonds. The molecule has 0 fully saturated rings. The maximum Gasteiger partial charge on any atom is 0.356 e. The Hall–Kier alpha value is -4.07. The van der Waals surface area contributed by atoms with Gasteiger partial charge in [0.25, 0.3) is 5.91 Å². The van der Waals surface area contributed by atoms with E-state index in [-0.39, 0.29) is 17.5 Å². The van der Waals surface area contributed by atoms with Crippen LogP contribution in [0.1, 0.15) is 40.3 Å². The largest absolute Gasteiger partial charge is 0.472 e. The summed E-state index contributed by atoms with van der Waals surface area (Å²) < 4.78 is 11.9. The minimum absolute atomic E-state index is 0.238. The van der Waals surface area contributed by atoms with Crippen molar-refractivity contribution in [1.29, 1.82) is 0 Å². The number of nitrogens with zero attached hydrogens (tertiary/aromatic N) is 2. The number of furan rings is 1. The second kappa shape index (κ2) is 10.2. The number of rotatable bonds is 9. The van der Waals surface area contributed by atoms with Gasteiger partial charge < -0.3 is 24.4 Å². The lowest BCUT2D eigenvalue weighted by Gasteiger charge is -2.12. The van der Waals surface area contributed by atoms with Crippen molar-refractivity contribution in [1.82, 2.24) is 9.55 Å². The molecule has 3 aromatic heterocycles. The number of aromatic nitrogens is 2. The summed E-state index contributed by atoms with van der Waals surface area (Å²) in [7, 11) is 1.32. The van der Waals surface area contributed by atoms with E-state index in [9.17, 15) is 9.59 Å². The topological polar surface area (TPSA) is 98.4 Å². The van der Waals surface area contributed by atoms with E-state index in [0.29, 0.717) is 35.4 Å². The number of methoxy groups -OCH3 is 1. The zero-order chi connectivity index (χ0) is 24.1. The summed E-state index contributed by atoms with van der Waals surface area (Å²) in [5.41, 5.74) is 3.61. The molecule has 34 heavy (non-hydrogen) atoms. The molecule has 0 bridgehead atoms. The summed E-state index contributed by atoms with van der Waals surface area (Å²) in [6, 6.07) is 13.7. The smallest absolute Gasteiger partial charge is 0.356 e. The van der Waals surface area contributed by atoms with E-state index in [2.05, 4.69) is 41.6 Å². The Morgan fingerprint density at radius 1 is 1.18 bits per heavy atom. The first-order chi connectivity index (χ1) is 16.5. The fourth-order valence-electron chi connectivity index (χ4n) is 3.88. The Kier molecular flexibility index (Phi) is 6.96. The molecular formula is C26H28N4O4. The van der Waals surface area contributed by atoms with E-state index in [4.69, 9.17) is 9.15 Å². The molecule has 0 aliphatic rings. The molecule has 0 radical (unpaired) electrons. The Morgan fingerprint density at radius 2 is 1.97 bits per heavy atom. The lowest BCUT2D eigenvalue weighted by atomic mass is 10.1. The maximum absolute atomic E-state index is 12.9. The van der Waals surface area contributed by atoms with Crippen molar-refractivity contribution < 1.29 is 18.7 Å². The number of esters is 1. The van der Waals surface area contributed by atoms with Gasteiger partial charge in [-0.1, -0.05) is 44.2 Å². The third-order valence-electron chi connectivity index (χ3n) is 5.43. The molecule has 2 N–H and O–H groups in total. The molecule has 176 valence electrons. The standard InChI is InChI=1S/C26H28N4O4/c1-17(2)15-30-23(26(32)33-3)22(29-25(31)19-10-12-34-16-19)21-13-20(14-28-24(21)30)27-11-9-18-7-5-4-6-8-18/h4-8,10,12-14,16-17,27H,9,11,15H2,1-3H3,(H,29,31). The summed E-state index contributed by atoms with van der Waals surface area (Å²) in [6.07, 6.45) is 5.38. The molecule has 4 aromatic rings. The molecule has 0 atom stereocenters. The fourth-order valence-corrected chi connectivity index (χ4v) is 3.88. The van der Waals surface area contributed by atoms with Crippen LogP contribution in [0.4, 0.5) is 11.4 Å². The Balaban J connectivity index is 1.73. The number of carbonyl (C=O) groups excluding carboxylic acids is 2. The third kappa shape index (κ3) is 4.96. The van der Waals surface area contributed by atoms with Gasteiger partial charge in [0.15, 0.2) is 5.69 Å². The molecular weight excluding hydrogens is 432 g/mol. The van der Waals surface area contributed by atoms with Crippen LogP contribution in [-0.4, -0.2) is 35.1 Å². The van der Waals surface area contributed by atoms with Gasteiger partial charge in [-0.3, -0.25) is 4.79 Å². The number of nitrogens with one attached hydrogen (secondary N) is 2. The first kappa shape index (κ1) is 23.1. The minimum Gasteiger partial charge on any atom is -0.472 e. The summed E-state index contributed by atoms with van der Waals surface area (Å²) in [4.78, 5) is 30.3. The van der Waals surface area contributed by atoms with Crippen LogP contribution in [-0.2, 0) is 17.7 Å². The van der Waals surface area contributed by atoms with Crippen LogP contribution in [0.5, 0.6) is 0 Å². The van der Waals surface area contributed by atoms with Crippen LogP contribution in [0.2, 0.25) is 0 Å². The maximum atomic E-state index is 12.9.